The molecule has 4 nitrogen and oxygen atoms in total. The van der Waals surface area contributed by atoms with Gasteiger partial charge in [-0.15, -0.1) is 0 Å². The van der Waals surface area contributed by atoms with E-state index in [4.69, 9.17) is 0 Å². The molecule has 0 amide bonds. The predicted molar refractivity (Wildman–Crippen MR) is 86.6 cm³/mol. The number of rotatable bonds is 5. The van der Waals surface area contributed by atoms with Crippen LogP contribution in [0.25, 0.3) is 0 Å². The van der Waals surface area contributed by atoms with Crippen molar-refractivity contribution in [2.45, 2.75) is 38.8 Å². The monoisotopic (exact) mass is 298 g/mol. The van der Waals surface area contributed by atoms with Gasteiger partial charge in [0.1, 0.15) is 6.04 Å². The summed E-state index contributed by atoms with van der Waals surface area (Å²) in [6.45, 7) is 6.82. The Kier molecular flexibility index (Phi) is 4.93. The molecule has 0 fully saturated rings. The van der Waals surface area contributed by atoms with Crippen LogP contribution < -0.4 is 5.32 Å². The maximum atomic E-state index is 11.5. The molecule has 2 N–H and O–H groups in total. The molecule has 2 aromatic rings. The minimum Gasteiger partial charge on any atom is -0.480 e. The Morgan fingerprint density at radius 1 is 1.18 bits per heavy atom. The van der Waals surface area contributed by atoms with Gasteiger partial charge >= 0.3 is 5.97 Å². The Bertz CT molecular complexity index is 616. The number of carboxylic acid groups (broad SMARTS) is 1. The second kappa shape index (κ2) is 6.71. The molecule has 0 aliphatic rings. The van der Waals surface area contributed by atoms with Gasteiger partial charge < -0.3 is 5.11 Å². The van der Waals surface area contributed by atoms with Crippen molar-refractivity contribution in [3.63, 3.8) is 0 Å². The highest BCUT2D eigenvalue weighted by Gasteiger charge is 2.20. The van der Waals surface area contributed by atoms with Crippen LogP contribution in [-0.2, 0) is 16.8 Å². The molecule has 0 aliphatic heterocycles. The summed E-state index contributed by atoms with van der Waals surface area (Å²) in [7, 11) is 0. The Morgan fingerprint density at radius 2 is 1.86 bits per heavy atom. The molecule has 1 aromatic carbocycles. The van der Waals surface area contributed by atoms with E-state index in [1.807, 2.05) is 42.5 Å². The number of pyridine rings is 1. The van der Waals surface area contributed by atoms with Crippen molar-refractivity contribution in [3.05, 3.63) is 65.5 Å². The summed E-state index contributed by atoms with van der Waals surface area (Å²) >= 11 is 0. The number of aliphatic carboxylic acids is 1. The van der Waals surface area contributed by atoms with Crippen LogP contribution in [0.15, 0.2) is 48.7 Å². The molecule has 0 saturated heterocycles. The zero-order chi connectivity index (χ0) is 16.2. The van der Waals surface area contributed by atoms with Crippen LogP contribution in [0.2, 0.25) is 0 Å². The van der Waals surface area contributed by atoms with Crippen LogP contribution in [0.1, 0.15) is 43.6 Å². The Balaban J connectivity index is 2.13. The van der Waals surface area contributed by atoms with Gasteiger partial charge in [-0.2, -0.15) is 0 Å². The van der Waals surface area contributed by atoms with E-state index in [-0.39, 0.29) is 5.41 Å². The maximum Gasteiger partial charge on any atom is 0.325 e. The lowest BCUT2D eigenvalue weighted by molar-refractivity contribution is -0.139. The van der Waals surface area contributed by atoms with Gasteiger partial charge in [0.25, 0.3) is 0 Å². The molecule has 1 unspecified atom stereocenters. The summed E-state index contributed by atoms with van der Waals surface area (Å²) in [6, 6.07) is 12.6. The first-order chi connectivity index (χ1) is 10.4. The number of carboxylic acids is 1. The second-order valence-electron chi connectivity index (χ2n) is 6.35. The van der Waals surface area contributed by atoms with Crippen molar-refractivity contribution in [3.8, 4) is 0 Å². The molecule has 116 valence electrons. The summed E-state index contributed by atoms with van der Waals surface area (Å²) in [4.78, 5) is 15.7. The normalized spacial score (nSPS) is 12.9. The van der Waals surface area contributed by atoms with Crippen molar-refractivity contribution in [1.82, 2.24) is 10.3 Å². The van der Waals surface area contributed by atoms with Gasteiger partial charge in [0.2, 0.25) is 0 Å². The number of nitrogens with zero attached hydrogens (tertiary/aromatic N) is 1. The average molecular weight is 298 g/mol. The van der Waals surface area contributed by atoms with Crippen molar-refractivity contribution in [2.75, 3.05) is 0 Å². The summed E-state index contributed by atoms with van der Waals surface area (Å²) in [5.41, 5.74) is 2.81. The third-order valence-electron chi connectivity index (χ3n) is 3.57. The smallest absolute Gasteiger partial charge is 0.325 e. The number of aromatic nitrogens is 1. The first-order valence-corrected chi connectivity index (χ1v) is 7.34. The molecule has 0 radical (unpaired) electrons. The molecule has 0 bridgehead atoms. The quantitative estimate of drug-likeness (QED) is 0.889. The van der Waals surface area contributed by atoms with E-state index in [0.29, 0.717) is 6.54 Å². The van der Waals surface area contributed by atoms with Crippen LogP contribution in [0.3, 0.4) is 0 Å². The van der Waals surface area contributed by atoms with E-state index in [9.17, 15) is 9.90 Å². The fraction of sp³-hybridized carbons (Fsp3) is 0.333. The molecule has 1 atom stereocenters. The van der Waals surface area contributed by atoms with Crippen LogP contribution in [0, 0.1) is 0 Å². The van der Waals surface area contributed by atoms with Crippen LogP contribution in [0.5, 0.6) is 0 Å². The number of nitrogens with one attached hydrogen (secondary N) is 1. The molecule has 4 heteroatoms. The van der Waals surface area contributed by atoms with E-state index in [0.717, 1.165) is 11.3 Å². The molecular formula is C18H22N2O2. The average Bonchev–Trinajstić information content (AvgIpc) is 2.48. The van der Waals surface area contributed by atoms with E-state index >= 15 is 0 Å². The minimum atomic E-state index is -0.889. The third kappa shape index (κ3) is 4.15. The van der Waals surface area contributed by atoms with Crippen LogP contribution in [0.4, 0.5) is 0 Å². The first kappa shape index (κ1) is 16.2. The van der Waals surface area contributed by atoms with Gasteiger partial charge in [0.05, 0.1) is 5.69 Å². The van der Waals surface area contributed by atoms with E-state index in [2.05, 4.69) is 31.1 Å². The zero-order valence-corrected chi connectivity index (χ0v) is 13.2. The summed E-state index contributed by atoms with van der Waals surface area (Å²) < 4.78 is 0. The van der Waals surface area contributed by atoms with Gasteiger partial charge in [-0.05, 0) is 28.7 Å². The lowest BCUT2D eigenvalue weighted by atomic mass is 9.86. The topological polar surface area (TPSA) is 62.2 Å². The summed E-state index contributed by atoms with van der Waals surface area (Å²) in [5.74, 6) is -0.889. The number of benzene rings is 1. The van der Waals surface area contributed by atoms with Gasteiger partial charge in [-0.25, -0.2) is 0 Å². The number of carbonyl (C=O) groups is 1. The first-order valence-electron chi connectivity index (χ1n) is 7.34. The summed E-state index contributed by atoms with van der Waals surface area (Å²) in [5, 5.41) is 12.5. The van der Waals surface area contributed by atoms with E-state index in [1.165, 1.54) is 5.56 Å². The standard InChI is InChI=1S/C18H22N2O2/c1-18(2,3)14-9-7-13(8-10-14)16(17(21)22)20-12-15-6-4-5-11-19-15/h4-11,16,20H,12H2,1-3H3,(H,21,22). The Labute approximate surface area is 131 Å². The fourth-order valence-electron chi connectivity index (χ4n) is 2.23. The fourth-order valence-corrected chi connectivity index (χ4v) is 2.23. The SMILES string of the molecule is CC(C)(C)c1ccc(C(NCc2ccccn2)C(=O)O)cc1. The van der Waals surface area contributed by atoms with Crippen LogP contribution in [-0.4, -0.2) is 16.1 Å². The molecule has 0 saturated carbocycles. The van der Waals surface area contributed by atoms with E-state index < -0.39 is 12.0 Å². The zero-order valence-electron chi connectivity index (χ0n) is 13.2. The van der Waals surface area contributed by atoms with Gasteiger partial charge in [0.15, 0.2) is 0 Å². The molecule has 1 heterocycles. The molecule has 2 rings (SSSR count). The maximum absolute atomic E-state index is 11.5. The lowest BCUT2D eigenvalue weighted by Gasteiger charge is -2.20. The number of hydrogen-bond acceptors (Lipinski definition) is 3. The van der Waals surface area contributed by atoms with Crippen molar-refractivity contribution >= 4 is 5.97 Å². The van der Waals surface area contributed by atoms with Crippen LogP contribution >= 0.6 is 0 Å². The molecule has 0 aliphatic carbocycles. The summed E-state index contributed by atoms with van der Waals surface area (Å²) in [6.07, 6.45) is 1.70. The third-order valence-corrected chi connectivity index (χ3v) is 3.57. The van der Waals surface area contributed by atoms with Crippen molar-refractivity contribution < 1.29 is 9.90 Å². The van der Waals surface area contributed by atoms with E-state index in [1.54, 1.807) is 6.20 Å². The van der Waals surface area contributed by atoms with Crippen molar-refractivity contribution in [2.24, 2.45) is 0 Å². The van der Waals surface area contributed by atoms with Gasteiger partial charge in [-0.1, -0.05) is 51.1 Å². The molecular weight excluding hydrogens is 276 g/mol. The number of hydrogen-bond donors (Lipinski definition) is 2. The van der Waals surface area contributed by atoms with Gasteiger partial charge in [0, 0.05) is 12.7 Å². The Morgan fingerprint density at radius 3 is 2.36 bits per heavy atom. The highest BCUT2D eigenvalue weighted by Crippen LogP contribution is 2.24. The predicted octanol–water partition coefficient (Wildman–Crippen LogP) is 3.29. The highest BCUT2D eigenvalue weighted by molar-refractivity contribution is 5.75. The minimum absolute atomic E-state index is 0.0542. The van der Waals surface area contributed by atoms with Gasteiger partial charge in [-0.3, -0.25) is 15.1 Å². The highest BCUT2D eigenvalue weighted by atomic mass is 16.4. The lowest BCUT2D eigenvalue weighted by Crippen LogP contribution is -2.28. The largest absolute Gasteiger partial charge is 0.480 e. The second-order valence-corrected chi connectivity index (χ2v) is 6.35. The van der Waals surface area contributed by atoms with Crippen molar-refractivity contribution in [1.29, 1.82) is 0 Å². The molecule has 0 spiro atoms. The molecule has 1 aromatic heterocycles. The molecule has 22 heavy (non-hydrogen) atoms. The Hall–Kier alpha value is -2.20.